The van der Waals surface area contributed by atoms with Crippen LogP contribution in [-0.2, 0) is 19.7 Å². The first-order chi connectivity index (χ1) is 17.7. The predicted molar refractivity (Wildman–Crippen MR) is 141 cm³/mol. The number of benzene rings is 3. The molecular formula is C29H29N5O2. The van der Waals surface area contributed by atoms with Crippen molar-refractivity contribution in [3.63, 3.8) is 0 Å². The molecule has 0 radical (unpaired) electrons. The van der Waals surface area contributed by atoms with Crippen molar-refractivity contribution in [3.05, 3.63) is 101 Å². The molecule has 1 aliphatic heterocycles. The van der Waals surface area contributed by atoms with Crippen molar-refractivity contribution in [2.45, 2.75) is 32.5 Å². The topological polar surface area (TPSA) is 76.0 Å². The molecule has 3 aromatic carbocycles. The van der Waals surface area contributed by atoms with Gasteiger partial charge in [-0.25, -0.2) is 9.97 Å². The van der Waals surface area contributed by atoms with E-state index in [4.69, 9.17) is 9.72 Å². The molecule has 0 bridgehead atoms. The monoisotopic (exact) mass is 479 g/mol. The minimum atomic E-state index is -0.0669. The van der Waals surface area contributed by atoms with Crippen LogP contribution in [0.25, 0.3) is 21.9 Å². The van der Waals surface area contributed by atoms with Gasteiger partial charge in [-0.1, -0.05) is 42.5 Å². The van der Waals surface area contributed by atoms with Crippen LogP contribution in [0.5, 0.6) is 5.75 Å². The Morgan fingerprint density at radius 1 is 0.861 bits per heavy atom. The Kier molecular flexibility index (Phi) is 6.22. The van der Waals surface area contributed by atoms with E-state index < -0.39 is 0 Å². The van der Waals surface area contributed by atoms with Gasteiger partial charge < -0.3 is 14.3 Å². The minimum Gasteiger partial charge on any atom is -0.486 e. The molecule has 0 spiro atoms. The highest BCUT2D eigenvalue weighted by atomic mass is 16.5. The van der Waals surface area contributed by atoms with E-state index in [1.54, 1.807) is 0 Å². The maximum atomic E-state index is 12.4. The number of nitrogens with zero attached hydrogens (tertiary/aromatic N) is 4. The van der Waals surface area contributed by atoms with Crippen LogP contribution in [-0.4, -0.2) is 37.5 Å². The molecule has 0 unspecified atom stereocenters. The van der Waals surface area contributed by atoms with Gasteiger partial charge in [0, 0.05) is 6.54 Å². The summed E-state index contributed by atoms with van der Waals surface area (Å²) in [5.74, 6) is 3.10. The quantitative estimate of drug-likeness (QED) is 0.364. The molecule has 1 N–H and O–H groups in total. The number of imidazole rings is 1. The molecule has 2 aromatic heterocycles. The van der Waals surface area contributed by atoms with Crippen molar-refractivity contribution in [2.24, 2.45) is 5.92 Å². The normalized spacial score (nSPS) is 15.0. The Morgan fingerprint density at radius 2 is 1.58 bits per heavy atom. The number of aromatic nitrogens is 4. The van der Waals surface area contributed by atoms with E-state index in [-0.39, 0.29) is 5.56 Å². The lowest BCUT2D eigenvalue weighted by molar-refractivity contribution is 0.163. The SMILES string of the molecule is O=c1[nH]c(CN2CCC(Cn3c(COc4ccccc4)nc4ccccc43)CC2)nc2ccccc12. The van der Waals surface area contributed by atoms with Crippen molar-refractivity contribution in [1.82, 2.24) is 24.4 Å². The van der Waals surface area contributed by atoms with Gasteiger partial charge in [0.2, 0.25) is 0 Å². The van der Waals surface area contributed by atoms with Crippen LogP contribution in [0.4, 0.5) is 0 Å². The number of ether oxygens (including phenoxy) is 1. The number of hydrogen-bond acceptors (Lipinski definition) is 5. The summed E-state index contributed by atoms with van der Waals surface area (Å²) in [6.07, 6.45) is 2.17. The van der Waals surface area contributed by atoms with E-state index in [1.165, 1.54) is 0 Å². The summed E-state index contributed by atoms with van der Waals surface area (Å²) in [7, 11) is 0. The van der Waals surface area contributed by atoms with Crippen LogP contribution in [0.2, 0.25) is 0 Å². The molecule has 0 aliphatic carbocycles. The first kappa shape index (κ1) is 22.5. The molecule has 7 nitrogen and oxygen atoms in total. The van der Waals surface area contributed by atoms with Gasteiger partial charge in [0.15, 0.2) is 0 Å². The molecule has 0 amide bonds. The number of rotatable bonds is 7. The lowest BCUT2D eigenvalue weighted by Crippen LogP contribution is -2.35. The molecule has 182 valence electrons. The number of aromatic amines is 1. The molecule has 1 saturated heterocycles. The molecule has 0 atom stereocenters. The molecule has 5 aromatic rings. The van der Waals surface area contributed by atoms with Gasteiger partial charge in [-0.05, 0) is 68.2 Å². The van der Waals surface area contributed by atoms with Gasteiger partial charge in [-0.15, -0.1) is 0 Å². The maximum Gasteiger partial charge on any atom is 0.258 e. The summed E-state index contributed by atoms with van der Waals surface area (Å²) in [4.78, 5) is 27.3. The Bertz CT molecular complexity index is 1530. The highest BCUT2D eigenvalue weighted by Gasteiger charge is 2.22. The second-order valence-electron chi connectivity index (χ2n) is 9.48. The van der Waals surface area contributed by atoms with E-state index in [2.05, 4.69) is 37.6 Å². The molecule has 1 fully saturated rings. The summed E-state index contributed by atoms with van der Waals surface area (Å²) < 4.78 is 8.38. The predicted octanol–water partition coefficient (Wildman–Crippen LogP) is 4.76. The fourth-order valence-corrected chi connectivity index (χ4v) is 5.11. The highest BCUT2D eigenvalue weighted by Crippen LogP contribution is 2.25. The molecule has 3 heterocycles. The van der Waals surface area contributed by atoms with E-state index in [0.29, 0.717) is 24.5 Å². The molecule has 0 saturated carbocycles. The zero-order chi connectivity index (χ0) is 24.3. The number of H-pyrrole nitrogens is 1. The first-order valence-electron chi connectivity index (χ1n) is 12.6. The van der Waals surface area contributed by atoms with E-state index in [1.807, 2.05) is 60.7 Å². The molecule has 1 aliphatic rings. The van der Waals surface area contributed by atoms with E-state index in [9.17, 15) is 4.79 Å². The van der Waals surface area contributed by atoms with Gasteiger partial charge in [0.1, 0.15) is 24.0 Å². The average Bonchev–Trinajstić information content (AvgIpc) is 3.26. The molecular weight excluding hydrogens is 450 g/mol. The van der Waals surface area contributed by atoms with Gasteiger partial charge in [-0.3, -0.25) is 9.69 Å². The molecule has 6 rings (SSSR count). The van der Waals surface area contributed by atoms with Gasteiger partial charge in [0.25, 0.3) is 5.56 Å². The number of nitrogens with one attached hydrogen (secondary N) is 1. The standard InChI is InChI=1S/C29H29N5O2/c35-29-23-10-4-5-11-24(23)30-27(32-29)19-33-16-14-21(15-17-33)18-34-26-13-7-6-12-25(26)31-28(34)20-36-22-8-2-1-3-9-22/h1-13,21H,14-20H2,(H,30,32,35). The summed E-state index contributed by atoms with van der Waals surface area (Å²) in [6.45, 7) is 3.98. The summed E-state index contributed by atoms with van der Waals surface area (Å²) in [5.41, 5.74) is 2.85. The van der Waals surface area contributed by atoms with Crippen LogP contribution >= 0.6 is 0 Å². The zero-order valence-electron chi connectivity index (χ0n) is 20.1. The zero-order valence-corrected chi connectivity index (χ0v) is 20.1. The number of para-hydroxylation sites is 4. The fraction of sp³-hybridized carbons (Fsp3) is 0.276. The summed E-state index contributed by atoms with van der Waals surface area (Å²) in [6, 6.07) is 25.7. The second-order valence-corrected chi connectivity index (χ2v) is 9.48. The highest BCUT2D eigenvalue weighted by molar-refractivity contribution is 5.77. The lowest BCUT2D eigenvalue weighted by Gasteiger charge is -2.32. The number of piperidine rings is 1. The van der Waals surface area contributed by atoms with Gasteiger partial charge >= 0.3 is 0 Å². The largest absolute Gasteiger partial charge is 0.486 e. The van der Waals surface area contributed by atoms with Gasteiger partial charge in [0.05, 0.1) is 28.5 Å². The Balaban J connectivity index is 1.13. The van der Waals surface area contributed by atoms with Crippen LogP contribution < -0.4 is 10.3 Å². The van der Waals surface area contributed by atoms with Crippen molar-refractivity contribution in [2.75, 3.05) is 13.1 Å². The third-order valence-corrected chi connectivity index (χ3v) is 7.03. The van der Waals surface area contributed by atoms with Crippen LogP contribution in [0, 0.1) is 5.92 Å². The Morgan fingerprint density at radius 3 is 2.42 bits per heavy atom. The first-order valence-corrected chi connectivity index (χ1v) is 12.6. The van der Waals surface area contributed by atoms with Crippen LogP contribution in [0.15, 0.2) is 83.7 Å². The number of likely N-dealkylation sites (tertiary alicyclic amines) is 1. The van der Waals surface area contributed by atoms with Crippen molar-refractivity contribution >= 4 is 21.9 Å². The Labute approximate surface area is 209 Å². The smallest absolute Gasteiger partial charge is 0.258 e. The third kappa shape index (κ3) is 4.75. The minimum absolute atomic E-state index is 0.0669. The number of fused-ring (bicyclic) bond motifs is 2. The van der Waals surface area contributed by atoms with Crippen LogP contribution in [0.3, 0.4) is 0 Å². The summed E-state index contributed by atoms with van der Waals surface area (Å²) >= 11 is 0. The third-order valence-electron chi connectivity index (χ3n) is 7.03. The lowest BCUT2D eigenvalue weighted by atomic mass is 9.96. The number of hydrogen-bond donors (Lipinski definition) is 1. The molecule has 7 heteroatoms. The van der Waals surface area contributed by atoms with Gasteiger partial charge in [-0.2, -0.15) is 0 Å². The second kappa shape index (κ2) is 9.95. The van der Waals surface area contributed by atoms with Crippen molar-refractivity contribution < 1.29 is 4.74 Å². The maximum absolute atomic E-state index is 12.4. The van der Waals surface area contributed by atoms with Crippen molar-refractivity contribution in [1.29, 1.82) is 0 Å². The Hall–Kier alpha value is -3.97. The molecule has 36 heavy (non-hydrogen) atoms. The average molecular weight is 480 g/mol. The van der Waals surface area contributed by atoms with Crippen molar-refractivity contribution in [3.8, 4) is 5.75 Å². The van der Waals surface area contributed by atoms with E-state index in [0.717, 1.165) is 66.4 Å². The van der Waals surface area contributed by atoms with E-state index >= 15 is 0 Å². The van der Waals surface area contributed by atoms with Crippen LogP contribution in [0.1, 0.15) is 24.5 Å². The fourth-order valence-electron chi connectivity index (χ4n) is 5.11. The summed E-state index contributed by atoms with van der Waals surface area (Å²) in [5, 5.41) is 0.638.